The fraction of sp³-hybridized carbons (Fsp3) is 0.750. The predicted octanol–water partition coefficient (Wildman–Crippen LogP) is -0.291. The van der Waals surface area contributed by atoms with Gasteiger partial charge < -0.3 is 9.84 Å². The van der Waals surface area contributed by atoms with Gasteiger partial charge in [-0.25, -0.2) is 4.68 Å². The molecule has 90 valence electrons. The minimum Gasteiger partial charge on any atom is -0.468 e. The summed E-state index contributed by atoms with van der Waals surface area (Å²) in [5.74, 6) is 0.295. The monoisotopic (exact) mass is 246 g/mol. The maximum atomic E-state index is 11.0. The van der Waals surface area contributed by atoms with Crippen LogP contribution in [0.2, 0.25) is 0 Å². The molecule has 1 unspecified atom stereocenters. The number of hydrogen-bond donors (Lipinski definition) is 1. The van der Waals surface area contributed by atoms with Gasteiger partial charge in [0, 0.05) is 5.75 Å². The number of esters is 1. The molecule has 1 aromatic rings. The van der Waals surface area contributed by atoms with Crippen molar-refractivity contribution in [3.63, 3.8) is 0 Å². The van der Waals surface area contributed by atoms with Crippen LogP contribution in [-0.4, -0.2) is 50.2 Å². The van der Waals surface area contributed by atoms with Gasteiger partial charge >= 0.3 is 5.97 Å². The Hall–Kier alpha value is -1.15. The number of aromatic nitrogens is 4. The zero-order chi connectivity index (χ0) is 12.0. The second-order valence-electron chi connectivity index (χ2n) is 3.18. The summed E-state index contributed by atoms with van der Waals surface area (Å²) in [4.78, 5) is 11.0. The molecule has 1 N–H and O–H groups in total. The van der Waals surface area contributed by atoms with Gasteiger partial charge in [0.15, 0.2) is 0 Å². The fourth-order valence-corrected chi connectivity index (χ4v) is 1.89. The molecule has 7 nitrogen and oxygen atoms in total. The third kappa shape index (κ3) is 4.15. The molecule has 1 aromatic heterocycles. The number of nitrogens with zero attached hydrogens (tertiary/aromatic N) is 4. The SMILES string of the molecule is COC(=O)Cn1nnnc1SCCC(C)O. The van der Waals surface area contributed by atoms with Crippen molar-refractivity contribution in [1.29, 1.82) is 0 Å². The number of aliphatic hydroxyl groups excluding tert-OH is 1. The largest absolute Gasteiger partial charge is 0.468 e. The summed E-state index contributed by atoms with van der Waals surface area (Å²) in [6.07, 6.45) is 0.299. The van der Waals surface area contributed by atoms with E-state index in [9.17, 15) is 4.79 Å². The van der Waals surface area contributed by atoms with E-state index in [1.54, 1.807) is 6.92 Å². The molecule has 0 aromatic carbocycles. The van der Waals surface area contributed by atoms with E-state index in [0.29, 0.717) is 17.3 Å². The van der Waals surface area contributed by atoms with Crippen molar-refractivity contribution >= 4 is 17.7 Å². The van der Waals surface area contributed by atoms with Gasteiger partial charge in [-0.15, -0.1) is 5.10 Å². The van der Waals surface area contributed by atoms with Crippen molar-refractivity contribution in [1.82, 2.24) is 20.2 Å². The molecule has 0 saturated heterocycles. The first kappa shape index (κ1) is 12.9. The second-order valence-corrected chi connectivity index (χ2v) is 4.24. The molecular weight excluding hydrogens is 232 g/mol. The lowest BCUT2D eigenvalue weighted by molar-refractivity contribution is -0.141. The van der Waals surface area contributed by atoms with Gasteiger partial charge in [-0.3, -0.25) is 4.79 Å². The molecule has 0 bridgehead atoms. The van der Waals surface area contributed by atoms with Crippen LogP contribution < -0.4 is 0 Å². The lowest BCUT2D eigenvalue weighted by atomic mass is 10.3. The van der Waals surface area contributed by atoms with E-state index in [2.05, 4.69) is 20.3 Å². The standard InChI is InChI=1S/C8H14N4O3S/c1-6(13)3-4-16-8-9-10-11-12(8)5-7(14)15-2/h6,13H,3-5H2,1-2H3. The molecule has 0 amide bonds. The summed E-state index contributed by atoms with van der Waals surface area (Å²) >= 11 is 1.39. The van der Waals surface area contributed by atoms with Crippen molar-refractivity contribution in [2.24, 2.45) is 0 Å². The van der Waals surface area contributed by atoms with Crippen LogP contribution in [0.4, 0.5) is 0 Å². The average molecular weight is 246 g/mol. The first-order valence-electron chi connectivity index (χ1n) is 4.77. The van der Waals surface area contributed by atoms with Crippen molar-refractivity contribution in [2.75, 3.05) is 12.9 Å². The Morgan fingerprint density at radius 1 is 1.69 bits per heavy atom. The summed E-state index contributed by atoms with van der Waals surface area (Å²) in [5.41, 5.74) is 0. The van der Waals surface area contributed by atoms with Crippen LogP contribution in [0.3, 0.4) is 0 Å². The van der Waals surface area contributed by atoms with Crippen LogP contribution in [-0.2, 0) is 16.1 Å². The molecule has 0 saturated carbocycles. The highest BCUT2D eigenvalue weighted by atomic mass is 32.2. The summed E-state index contributed by atoms with van der Waals surface area (Å²) in [6, 6.07) is 0. The number of thioether (sulfide) groups is 1. The maximum Gasteiger partial charge on any atom is 0.327 e. The maximum absolute atomic E-state index is 11.0. The van der Waals surface area contributed by atoms with E-state index < -0.39 is 5.97 Å². The predicted molar refractivity (Wildman–Crippen MR) is 56.9 cm³/mol. The number of ether oxygens (including phenoxy) is 1. The first-order valence-corrected chi connectivity index (χ1v) is 5.76. The Bertz CT molecular complexity index is 342. The van der Waals surface area contributed by atoms with Crippen LogP contribution in [0, 0.1) is 0 Å². The molecule has 0 fully saturated rings. The van der Waals surface area contributed by atoms with Gasteiger partial charge in [0.1, 0.15) is 6.54 Å². The average Bonchev–Trinajstić information content (AvgIpc) is 2.65. The molecule has 0 aliphatic rings. The second kappa shape index (κ2) is 6.44. The minimum absolute atomic E-state index is 0.000508. The van der Waals surface area contributed by atoms with Crippen LogP contribution in [0.15, 0.2) is 5.16 Å². The van der Waals surface area contributed by atoms with Gasteiger partial charge in [-0.2, -0.15) is 0 Å². The number of rotatable bonds is 6. The Labute approximate surface area is 97.2 Å². The number of carbonyl (C=O) groups excluding carboxylic acids is 1. The lowest BCUT2D eigenvalue weighted by Crippen LogP contribution is -2.14. The zero-order valence-corrected chi connectivity index (χ0v) is 9.98. The summed E-state index contributed by atoms with van der Waals surface area (Å²) < 4.78 is 5.89. The molecule has 16 heavy (non-hydrogen) atoms. The number of methoxy groups -OCH3 is 1. The number of hydrogen-bond acceptors (Lipinski definition) is 7. The van der Waals surface area contributed by atoms with E-state index in [4.69, 9.17) is 5.11 Å². The third-order valence-electron chi connectivity index (χ3n) is 1.77. The zero-order valence-electron chi connectivity index (χ0n) is 9.16. The Morgan fingerprint density at radius 2 is 2.44 bits per heavy atom. The minimum atomic E-state index is -0.398. The van der Waals surface area contributed by atoms with Gasteiger partial charge in [0.05, 0.1) is 13.2 Å². The smallest absolute Gasteiger partial charge is 0.327 e. The Morgan fingerprint density at radius 3 is 3.06 bits per heavy atom. The quantitative estimate of drug-likeness (QED) is 0.544. The Balaban J connectivity index is 2.47. The van der Waals surface area contributed by atoms with Crippen molar-refractivity contribution < 1.29 is 14.6 Å². The number of tetrazole rings is 1. The van der Waals surface area contributed by atoms with E-state index >= 15 is 0 Å². The third-order valence-corrected chi connectivity index (χ3v) is 2.76. The summed E-state index contributed by atoms with van der Waals surface area (Å²) in [6.45, 7) is 1.72. The number of carbonyl (C=O) groups is 1. The van der Waals surface area contributed by atoms with Crippen molar-refractivity contribution in [3.05, 3.63) is 0 Å². The highest BCUT2D eigenvalue weighted by Gasteiger charge is 2.11. The molecular formula is C8H14N4O3S. The van der Waals surface area contributed by atoms with E-state index in [0.717, 1.165) is 0 Å². The molecule has 1 atom stereocenters. The van der Waals surface area contributed by atoms with E-state index in [-0.39, 0.29) is 12.6 Å². The van der Waals surface area contributed by atoms with Crippen LogP contribution in [0.1, 0.15) is 13.3 Å². The van der Waals surface area contributed by atoms with Crippen molar-refractivity contribution in [2.45, 2.75) is 31.1 Å². The normalized spacial score (nSPS) is 12.4. The van der Waals surface area contributed by atoms with Crippen LogP contribution in [0.5, 0.6) is 0 Å². The molecule has 0 radical (unpaired) electrons. The molecule has 8 heteroatoms. The molecule has 0 aliphatic carbocycles. The topological polar surface area (TPSA) is 90.1 Å². The lowest BCUT2D eigenvalue weighted by Gasteiger charge is -2.04. The van der Waals surface area contributed by atoms with Gasteiger partial charge in [0.2, 0.25) is 5.16 Å². The summed E-state index contributed by atoms with van der Waals surface area (Å²) in [7, 11) is 1.31. The van der Waals surface area contributed by atoms with Gasteiger partial charge in [-0.05, 0) is 23.8 Å². The first-order chi connectivity index (χ1) is 7.63. The van der Waals surface area contributed by atoms with Crippen molar-refractivity contribution in [3.8, 4) is 0 Å². The summed E-state index contributed by atoms with van der Waals surface area (Å²) in [5, 5.41) is 20.6. The molecule has 0 aliphatic heterocycles. The number of aliphatic hydroxyl groups is 1. The fourth-order valence-electron chi connectivity index (χ4n) is 0.907. The van der Waals surface area contributed by atoms with Crippen LogP contribution >= 0.6 is 11.8 Å². The molecule has 0 spiro atoms. The van der Waals surface area contributed by atoms with Crippen LogP contribution in [0.25, 0.3) is 0 Å². The Kier molecular flexibility index (Phi) is 5.20. The van der Waals surface area contributed by atoms with Gasteiger partial charge in [-0.1, -0.05) is 11.8 Å². The van der Waals surface area contributed by atoms with E-state index in [1.165, 1.54) is 23.6 Å². The highest BCUT2D eigenvalue weighted by Crippen LogP contribution is 2.15. The highest BCUT2D eigenvalue weighted by molar-refractivity contribution is 7.99. The van der Waals surface area contributed by atoms with E-state index in [1.807, 2.05) is 0 Å². The van der Waals surface area contributed by atoms with Gasteiger partial charge in [0.25, 0.3) is 0 Å². The molecule has 1 rings (SSSR count). The molecule has 1 heterocycles.